The lowest BCUT2D eigenvalue weighted by atomic mass is 9.99. The lowest BCUT2D eigenvalue weighted by Crippen LogP contribution is -2.38. The van der Waals surface area contributed by atoms with Crippen molar-refractivity contribution in [1.29, 1.82) is 0 Å². The van der Waals surface area contributed by atoms with E-state index in [0.29, 0.717) is 17.1 Å². The molecule has 5 nitrogen and oxygen atoms in total. The summed E-state index contributed by atoms with van der Waals surface area (Å²) in [6.45, 7) is 4.49. The third-order valence-corrected chi connectivity index (χ3v) is 5.66. The molecule has 1 amide bonds. The molecule has 26 heavy (non-hydrogen) atoms. The highest BCUT2D eigenvalue weighted by atomic mass is 32.1. The van der Waals surface area contributed by atoms with Crippen LogP contribution in [0.3, 0.4) is 0 Å². The molecule has 0 radical (unpaired) electrons. The number of piperidine rings is 1. The molecule has 1 fully saturated rings. The molecule has 1 saturated heterocycles. The van der Waals surface area contributed by atoms with Gasteiger partial charge in [-0.2, -0.15) is 0 Å². The fourth-order valence-corrected chi connectivity index (χ4v) is 4.15. The summed E-state index contributed by atoms with van der Waals surface area (Å²) in [5.41, 5.74) is 2.13. The Hall–Kier alpha value is -2.18. The van der Waals surface area contributed by atoms with Gasteiger partial charge in [0.25, 0.3) is 0 Å². The SMILES string of the molecule is COC(=O)c1c(-c2ccccc2)csc1NC(=O)CN1CCC(C)CC1. The van der Waals surface area contributed by atoms with E-state index in [0.717, 1.165) is 43.0 Å². The van der Waals surface area contributed by atoms with Gasteiger partial charge in [-0.3, -0.25) is 9.69 Å². The van der Waals surface area contributed by atoms with Crippen LogP contribution in [-0.2, 0) is 9.53 Å². The third kappa shape index (κ3) is 4.31. The molecule has 1 aromatic heterocycles. The molecule has 1 N–H and O–H groups in total. The Bertz CT molecular complexity index is 765. The maximum atomic E-state index is 12.5. The van der Waals surface area contributed by atoms with Crippen LogP contribution in [0.2, 0.25) is 0 Å². The molecule has 0 saturated carbocycles. The second-order valence-corrected chi connectivity index (χ2v) is 7.60. The Morgan fingerprint density at radius 3 is 2.58 bits per heavy atom. The number of hydrogen-bond acceptors (Lipinski definition) is 5. The largest absolute Gasteiger partial charge is 0.465 e. The van der Waals surface area contributed by atoms with Gasteiger partial charge in [-0.05, 0) is 37.4 Å². The molecule has 3 rings (SSSR count). The van der Waals surface area contributed by atoms with Gasteiger partial charge in [0.05, 0.1) is 13.7 Å². The van der Waals surface area contributed by atoms with Crippen molar-refractivity contribution in [2.75, 3.05) is 32.1 Å². The van der Waals surface area contributed by atoms with Crippen molar-refractivity contribution in [3.63, 3.8) is 0 Å². The number of likely N-dealkylation sites (tertiary alicyclic amines) is 1. The van der Waals surface area contributed by atoms with Crippen LogP contribution in [0, 0.1) is 5.92 Å². The maximum absolute atomic E-state index is 12.5. The smallest absolute Gasteiger partial charge is 0.341 e. The fraction of sp³-hybridized carbons (Fsp3) is 0.400. The average Bonchev–Trinajstić information content (AvgIpc) is 3.07. The summed E-state index contributed by atoms with van der Waals surface area (Å²) in [4.78, 5) is 27.0. The van der Waals surface area contributed by atoms with Crippen LogP contribution in [0.5, 0.6) is 0 Å². The summed E-state index contributed by atoms with van der Waals surface area (Å²) in [5, 5.41) is 5.35. The van der Waals surface area contributed by atoms with Crippen LogP contribution < -0.4 is 5.32 Å². The van der Waals surface area contributed by atoms with Crippen LogP contribution in [0.4, 0.5) is 5.00 Å². The molecule has 2 aromatic rings. The third-order valence-electron chi connectivity index (χ3n) is 4.76. The van der Waals surface area contributed by atoms with E-state index in [1.165, 1.54) is 18.4 Å². The second kappa shape index (κ2) is 8.47. The van der Waals surface area contributed by atoms with Gasteiger partial charge in [0.1, 0.15) is 10.6 Å². The lowest BCUT2D eigenvalue weighted by Gasteiger charge is -2.29. The number of nitrogens with one attached hydrogen (secondary N) is 1. The first-order valence-corrected chi connectivity index (χ1v) is 9.74. The average molecular weight is 372 g/mol. The summed E-state index contributed by atoms with van der Waals surface area (Å²) in [6, 6.07) is 9.65. The standard InChI is InChI=1S/C20H24N2O3S/c1-14-8-10-22(11-9-14)12-17(23)21-19-18(20(24)25-2)16(13-26-19)15-6-4-3-5-7-15/h3-7,13-14H,8-12H2,1-2H3,(H,21,23). The highest BCUT2D eigenvalue weighted by molar-refractivity contribution is 7.15. The Morgan fingerprint density at radius 1 is 1.23 bits per heavy atom. The van der Waals surface area contributed by atoms with E-state index < -0.39 is 5.97 Å². The van der Waals surface area contributed by atoms with Gasteiger partial charge in [0.2, 0.25) is 5.91 Å². The quantitative estimate of drug-likeness (QED) is 0.810. The summed E-state index contributed by atoms with van der Waals surface area (Å²) >= 11 is 1.35. The molecule has 138 valence electrons. The molecule has 6 heteroatoms. The molecule has 1 aliphatic heterocycles. The predicted molar refractivity (Wildman–Crippen MR) is 105 cm³/mol. The van der Waals surface area contributed by atoms with Crippen molar-refractivity contribution in [3.8, 4) is 11.1 Å². The minimum Gasteiger partial charge on any atom is -0.465 e. The van der Waals surface area contributed by atoms with Crippen molar-refractivity contribution < 1.29 is 14.3 Å². The lowest BCUT2D eigenvalue weighted by molar-refractivity contribution is -0.117. The van der Waals surface area contributed by atoms with Gasteiger partial charge in [-0.25, -0.2) is 4.79 Å². The van der Waals surface area contributed by atoms with E-state index in [1.54, 1.807) is 0 Å². The monoisotopic (exact) mass is 372 g/mol. The van der Waals surface area contributed by atoms with Crippen molar-refractivity contribution in [2.24, 2.45) is 5.92 Å². The Morgan fingerprint density at radius 2 is 1.92 bits per heavy atom. The molecule has 0 bridgehead atoms. The first-order valence-electron chi connectivity index (χ1n) is 8.86. The van der Waals surface area contributed by atoms with Crippen molar-refractivity contribution in [3.05, 3.63) is 41.3 Å². The number of carbonyl (C=O) groups excluding carboxylic acids is 2. The number of methoxy groups -OCH3 is 1. The molecule has 1 aromatic carbocycles. The zero-order valence-electron chi connectivity index (χ0n) is 15.2. The molecule has 1 aliphatic rings. The highest BCUT2D eigenvalue weighted by Crippen LogP contribution is 2.36. The zero-order valence-corrected chi connectivity index (χ0v) is 16.0. The van der Waals surface area contributed by atoms with E-state index in [9.17, 15) is 9.59 Å². The van der Waals surface area contributed by atoms with Crippen molar-refractivity contribution >= 4 is 28.2 Å². The molecular formula is C20H24N2O3S. The highest BCUT2D eigenvalue weighted by Gasteiger charge is 2.23. The molecule has 0 spiro atoms. The molecule has 0 unspecified atom stereocenters. The van der Waals surface area contributed by atoms with Gasteiger partial charge in [-0.1, -0.05) is 37.3 Å². The summed E-state index contributed by atoms with van der Waals surface area (Å²) in [6.07, 6.45) is 2.25. The Labute approximate surface area is 158 Å². The van der Waals surface area contributed by atoms with Gasteiger partial charge >= 0.3 is 5.97 Å². The number of carbonyl (C=O) groups is 2. The van der Waals surface area contributed by atoms with E-state index in [4.69, 9.17) is 4.74 Å². The second-order valence-electron chi connectivity index (χ2n) is 6.72. The van der Waals surface area contributed by atoms with E-state index >= 15 is 0 Å². The summed E-state index contributed by atoms with van der Waals surface area (Å²) < 4.78 is 4.95. The van der Waals surface area contributed by atoms with Crippen molar-refractivity contribution in [2.45, 2.75) is 19.8 Å². The van der Waals surface area contributed by atoms with E-state index in [1.807, 2.05) is 35.7 Å². The number of anilines is 1. The zero-order chi connectivity index (χ0) is 18.5. The minimum atomic E-state index is -0.438. The molecule has 0 atom stereocenters. The fourth-order valence-electron chi connectivity index (χ4n) is 3.17. The molecule has 2 heterocycles. The van der Waals surface area contributed by atoms with Gasteiger partial charge in [0.15, 0.2) is 0 Å². The number of rotatable bonds is 5. The number of benzene rings is 1. The van der Waals surface area contributed by atoms with Gasteiger partial charge in [-0.15, -0.1) is 11.3 Å². The van der Waals surface area contributed by atoms with Gasteiger partial charge in [0, 0.05) is 10.9 Å². The van der Waals surface area contributed by atoms with E-state index in [-0.39, 0.29) is 5.91 Å². The Balaban J connectivity index is 1.76. The number of nitrogens with zero attached hydrogens (tertiary/aromatic N) is 1. The number of esters is 1. The Kier molecular flexibility index (Phi) is 6.06. The number of ether oxygens (including phenoxy) is 1. The molecular weight excluding hydrogens is 348 g/mol. The first kappa shape index (κ1) is 18.6. The van der Waals surface area contributed by atoms with Crippen LogP contribution in [0.1, 0.15) is 30.1 Å². The maximum Gasteiger partial charge on any atom is 0.341 e. The van der Waals surface area contributed by atoms with Crippen LogP contribution in [0.25, 0.3) is 11.1 Å². The summed E-state index contributed by atoms with van der Waals surface area (Å²) in [7, 11) is 1.36. The summed E-state index contributed by atoms with van der Waals surface area (Å²) in [5.74, 6) is 0.198. The minimum absolute atomic E-state index is 0.0915. The van der Waals surface area contributed by atoms with Crippen LogP contribution in [-0.4, -0.2) is 43.5 Å². The predicted octanol–water partition coefficient (Wildman–Crippen LogP) is 3.87. The van der Waals surface area contributed by atoms with Crippen LogP contribution in [0.15, 0.2) is 35.7 Å². The van der Waals surface area contributed by atoms with Crippen LogP contribution >= 0.6 is 11.3 Å². The number of thiophene rings is 1. The topological polar surface area (TPSA) is 58.6 Å². The van der Waals surface area contributed by atoms with E-state index in [2.05, 4.69) is 17.1 Å². The normalized spacial score (nSPS) is 15.6. The first-order chi connectivity index (χ1) is 12.6. The van der Waals surface area contributed by atoms with Crippen molar-refractivity contribution in [1.82, 2.24) is 4.90 Å². The number of amides is 1. The van der Waals surface area contributed by atoms with Gasteiger partial charge < -0.3 is 10.1 Å². The number of hydrogen-bond donors (Lipinski definition) is 1. The molecule has 0 aliphatic carbocycles.